The van der Waals surface area contributed by atoms with Gasteiger partial charge in [0, 0.05) is 11.6 Å². The molecular formula is C18H14F2N2O3S. The fraction of sp³-hybridized carbons (Fsp3) is 0.111. The molecule has 134 valence electrons. The third kappa shape index (κ3) is 4.34. The highest BCUT2D eigenvalue weighted by Gasteiger charge is 2.09. The van der Waals surface area contributed by atoms with Gasteiger partial charge < -0.3 is 9.47 Å². The average Bonchev–Trinajstić information content (AvgIpc) is 3.01. The number of hydrogen-bond donors (Lipinski definition) is 1. The first-order valence-electron chi connectivity index (χ1n) is 7.52. The van der Waals surface area contributed by atoms with E-state index in [1.54, 1.807) is 37.4 Å². The van der Waals surface area contributed by atoms with Crippen molar-refractivity contribution in [1.82, 2.24) is 4.98 Å². The Morgan fingerprint density at radius 1 is 1.27 bits per heavy atom. The highest BCUT2D eigenvalue weighted by atomic mass is 32.1. The van der Waals surface area contributed by atoms with E-state index >= 15 is 0 Å². The lowest BCUT2D eigenvalue weighted by Crippen LogP contribution is -2.07. The number of ether oxygens (including phenoxy) is 2. The molecule has 3 aromatic rings. The minimum atomic E-state index is -2.93. The highest BCUT2D eigenvalue weighted by molar-refractivity contribution is 7.22. The van der Waals surface area contributed by atoms with E-state index in [4.69, 9.17) is 4.74 Å². The van der Waals surface area contributed by atoms with Crippen LogP contribution in [0.3, 0.4) is 0 Å². The maximum absolute atomic E-state index is 12.4. The Kier molecular flexibility index (Phi) is 5.43. The molecule has 0 atom stereocenters. The number of nitrogens with one attached hydrogen (secondary N) is 1. The van der Waals surface area contributed by atoms with Gasteiger partial charge in [0.15, 0.2) is 5.13 Å². The molecule has 0 aliphatic carbocycles. The van der Waals surface area contributed by atoms with Gasteiger partial charge in [-0.15, -0.1) is 0 Å². The minimum Gasteiger partial charge on any atom is -0.497 e. The number of rotatable bonds is 6. The number of carbonyl (C=O) groups is 1. The molecule has 0 radical (unpaired) electrons. The van der Waals surface area contributed by atoms with Gasteiger partial charge in [0.1, 0.15) is 11.5 Å². The summed E-state index contributed by atoms with van der Waals surface area (Å²) in [6.45, 7) is -2.93. The molecule has 8 heteroatoms. The summed E-state index contributed by atoms with van der Waals surface area (Å²) in [7, 11) is 1.57. The molecule has 1 aromatic heterocycles. The van der Waals surface area contributed by atoms with Gasteiger partial charge in [-0.3, -0.25) is 10.1 Å². The van der Waals surface area contributed by atoms with Crippen molar-refractivity contribution in [3.8, 4) is 11.5 Å². The largest absolute Gasteiger partial charge is 0.497 e. The predicted molar refractivity (Wildman–Crippen MR) is 96.9 cm³/mol. The second kappa shape index (κ2) is 7.92. The van der Waals surface area contributed by atoms with Crippen molar-refractivity contribution in [2.45, 2.75) is 6.61 Å². The van der Waals surface area contributed by atoms with E-state index < -0.39 is 12.5 Å². The van der Waals surface area contributed by atoms with Crippen LogP contribution in [-0.4, -0.2) is 24.6 Å². The summed E-state index contributed by atoms with van der Waals surface area (Å²) in [4.78, 5) is 16.4. The lowest BCUT2D eigenvalue weighted by atomic mass is 10.2. The van der Waals surface area contributed by atoms with Gasteiger partial charge in [0.25, 0.3) is 0 Å². The molecular weight excluding hydrogens is 362 g/mol. The Morgan fingerprint density at radius 3 is 2.85 bits per heavy atom. The van der Waals surface area contributed by atoms with Crippen molar-refractivity contribution in [3.05, 3.63) is 54.1 Å². The molecule has 1 heterocycles. The van der Waals surface area contributed by atoms with Crippen molar-refractivity contribution >= 4 is 38.7 Å². The Hall–Kier alpha value is -3.00. The van der Waals surface area contributed by atoms with Crippen LogP contribution in [0.2, 0.25) is 0 Å². The minimum absolute atomic E-state index is 0.00127. The number of halogens is 2. The number of thiazole rings is 1. The number of benzene rings is 2. The maximum atomic E-state index is 12.4. The fourth-order valence-electron chi connectivity index (χ4n) is 2.22. The van der Waals surface area contributed by atoms with Crippen molar-refractivity contribution in [3.63, 3.8) is 0 Å². The molecule has 1 N–H and O–H groups in total. The zero-order valence-corrected chi connectivity index (χ0v) is 14.4. The molecule has 0 unspecified atom stereocenters. The molecule has 0 aliphatic heterocycles. The third-order valence-corrected chi connectivity index (χ3v) is 4.31. The first kappa shape index (κ1) is 17.8. The summed E-state index contributed by atoms with van der Waals surface area (Å²) in [6.07, 6.45) is 2.64. The zero-order valence-electron chi connectivity index (χ0n) is 13.6. The predicted octanol–water partition coefficient (Wildman–Crippen LogP) is 4.56. The smallest absolute Gasteiger partial charge is 0.387 e. The lowest BCUT2D eigenvalue weighted by molar-refractivity contribution is -0.111. The van der Waals surface area contributed by atoms with Crippen LogP contribution in [0.5, 0.6) is 11.5 Å². The normalized spacial score (nSPS) is 11.2. The number of alkyl halides is 2. The number of hydrogen-bond acceptors (Lipinski definition) is 5. The van der Waals surface area contributed by atoms with Crippen molar-refractivity contribution in [2.24, 2.45) is 0 Å². The zero-order chi connectivity index (χ0) is 18.5. The van der Waals surface area contributed by atoms with Gasteiger partial charge in [-0.2, -0.15) is 8.78 Å². The van der Waals surface area contributed by atoms with Crippen LogP contribution in [0.15, 0.2) is 48.5 Å². The molecule has 0 saturated carbocycles. The van der Waals surface area contributed by atoms with Crippen LogP contribution in [0.4, 0.5) is 13.9 Å². The third-order valence-electron chi connectivity index (χ3n) is 3.38. The molecule has 0 saturated heterocycles. The lowest BCUT2D eigenvalue weighted by Gasteiger charge is -2.07. The summed E-state index contributed by atoms with van der Waals surface area (Å²) in [5.41, 5.74) is 1.11. The first-order valence-corrected chi connectivity index (χ1v) is 8.34. The van der Waals surface area contributed by atoms with E-state index in [1.165, 1.54) is 29.6 Å². The van der Waals surface area contributed by atoms with Crippen molar-refractivity contribution in [1.29, 1.82) is 0 Å². The number of methoxy groups -OCH3 is 1. The van der Waals surface area contributed by atoms with Gasteiger partial charge in [0.2, 0.25) is 5.91 Å². The van der Waals surface area contributed by atoms with Gasteiger partial charge in [-0.25, -0.2) is 4.98 Å². The van der Waals surface area contributed by atoms with E-state index in [0.717, 1.165) is 10.2 Å². The Balaban J connectivity index is 1.72. The summed E-state index contributed by atoms with van der Waals surface area (Å²) >= 11 is 1.31. The van der Waals surface area contributed by atoms with Gasteiger partial charge in [-0.1, -0.05) is 29.5 Å². The summed E-state index contributed by atoms with van der Waals surface area (Å²) in [5.74, 6) is 0.274. The van der Waals surface area contributed by atoms with Crippen LogP contribution < -0.4 is 14.8 Å². The Labute approximate surface area is 151 Å². The summed E-state index contributed by atoms with van der Waals surface area (Å²) < 4.78 is 35.2. The second-order valence-electron chi connectivity index (χ2n) is 5.09. The van der Waals surface area contributed by atoms with Crippen LogP contribution in [0.1, 0.15) is 5.56 Å². The van der Waals surface area contributed by atoms with E-state index in [1.807, 2.05) is 6.07 Å². The second-order valence-corrected chi connectivity index (χ2v) is 6.12. The number of carbonyl (C=O) groups excluding carboxylic acids is 1. The maximum Gasteiger partial charge on any atom is 0.387 e. The van der Waals surface area contributed by atoms with Crippen LogP contribution in [-0.2, 0) is 4.79 Å². The molecule has 2 aromatic carbocycles. The van der Waals surface area contributed by atoms with E-state index in [9.17, 15) is 13.6 Å². The van der Waals surface area contributed by atoms with Gasteiger partial charge in [-0.05, 0) is 30.3 Å². The quantitative estimate of drug-likeness (QED) is 0.641. The number of nitrogens with zero attached hydrogens (tertiary/aromatic N) is 1. The van der Waals surface area contributed by atoms with Crippen LogP contribution in [0.25, 0.3) is 16.3 Å². The summed E-state index contributed by atoms with van der Waals surface area (Å²) in [6, 6.07) is 11.6. The first-order chi connectivity index (χ1) is 12.5. The molecule has 0 fully saturated rings. The molecule has 0 aliphatic rings. The Bertz CT molecular complexity index is 957. The molecule has 0 spiro atoms. The number of para-hydroxylation sites is 1. The molecule has 5 nitrogen and oxygen atoms in total. The van der Waals surface area contributed by atoms with E-state index in [2.05, 4.69) is 15.0 Å². The number of fused-ring (bicyclic) bond motifs is 1. The van der Waals surface area contributed by atoms with Crippen LogP contribution in [0, 0.1) is 0 Å². The monoisotopic (exact) mass is 376 g/mol. The van der Waals surface area contributed by atoms with Gasteiger partial charge >= 0.3 is 6.61 Å². The average molecular weight is 376 g/mol. The van der Waals surface area contributed by atoms with Crippen molar-refractivity contribution < 1.29 is 23.0 Å². The number of amides is 1. The molecule has 3 rings (SSSR count). The molecule has 0 bridgehead atoms. The van der Waals surface area contributed by atoms with Gasteiger partial charge in [0.05, 0.1) is 17.3 Å². The fourth-order valence-corrected chi connectivity index (χ4v) is 3.12. The molecule has 26 heavy (non-hydrogen) atoms. The number of anilines is 1. The standard InChI is InChI=1S/C18H14F2N2O3S/c1-24-12-7-8-13-15(10-12)26-18(21-13)22-16(23)9-6-11-4-2-3-5-14(11)25-17(19)20/h2-10,17H,1H3,(H,21,22,23)/b9-6+. The molecule has 1 amide bonds. The SMILES string of the molecule is COc1ccc2nc(NC(=O)/C=C/c3ccccc3OC(F)F)sc2c1. The highest BCUT2D eigenvalue weighted by Crippen LogP contribution is 2.29. The summed E-state index contributed by atoms with van der Waals surface area (Å²) in [5, 5.41) is 3.08. The number of aromatic nitrogens is 1. The van der Waals surface area contributed by atoms with E-state index in [0.29, 0.717) is 16.4 Å². The van der Waals surface area contributed by atoms with E-state index in [-0.39, 0.29) is 5.75 Å². The van der Waals surface area contributed by atoms with Crippen LogP contribution >= 0.6 is 11.3 Å². The Morgan fingerprint density at radius 2 is 2.08 bits per heavy atom. The van der Waals surface area contributed by atoms with Crippen molar-refractivity contribution in [2.75, 3.05) is 12.4 Å². The topological polar surface area (TPSA) is 60.5 Å².